The van der Waals surface area contributed by atoms with Crippen molar-refractivity contribution in [3.05, 3.63) is 23.8 Å². The molecule has 1 atom stereocenters. The number of nitrogens with one attached hydrogen (secondary N) is 2. The second kappa shape index (κ2) is 6.13. The van der Waals surface area contributed by atoms with Crippen LogP contribution in [0.1, 0.15) is 36.5 Å². The molecule has 114 valence electrons. The Kier molecular flexibility index (Phi) is 4.47. The Morgan fingerprint density at radius 1 is 1.38 bits per heavy atom. The molecular weight excluding hydrogens is 272 g/mol. The number of piperidine rings is 1. The standard InChI is InChI=1S/C15H20N2O4/c1-15(7-3-4-8-16-15)14(20)17-12-9-10(21-2)5-6-11(12)13(18)19/h5-6,9,16H,3-4,7-8H2,1-2H3,(H,17,20)(H,18,19). The summed E-state index contributed by atoms with van der Waals surface area (Å²) in [5.41, 5.74) is -0.374. The minimum absolute atomic E-state index is 0.0450. The summed E-state index contributed by atoms with van der Waals surface area (Å²) in [5.74, 6) is -0.815. The van der Waals surface area contributed by atoms with Gasteiger partial charge in [0.2, 0.25) is 5.91 Å². The number of rotatable bonds is 4. The number of carbonyl (C=O) groups is 2. The van der Waals surface area contributed by atoms with Crippen LogP contribution in [0.25, 0.3) is 0 Å². The van der Waals surface area contributed by atoms with E-state index in [1.807, 2.05) is 6.92 Å². The summed E-state index contributed by atoms with van der Waals surface area (Å²) in [7, 11) is 1.49. The van der Waals surface area contributed by atoms with Crippen LogP contribution in [-0.2, 0) is 4.79 Å². The van der Waals surface area contributed by atoms with E-state index in [1.54, 1.807) is 6.07 Å². The molecule has 1 aliphatic heterocycles. The molecule has 1 saturated heterocycles. The average Bonchev–Trinajstić information content (AvgIpc) is 2.47. The van der Waals surface area contributed by atoms with E-state index < -0.39 is 11.5 Å². The lowest BCUT2D eigenvalue weighted by atomic mass is 9.90. The molecule has 0 radical (unpaired) electrons. The molecule has 6 heteroatoms. The van der Waals surface area contributed by atoms with Crippen molar-refractivity contribution in [2.45, 2.75) is 31.7 Å². The number of anilines is 1. The van der Waals surface area contributed by atoms with Gasteiger partial charge < -0.3 is 20.5 Å². The van der Waals surface area contributed by atoms with E-state index in [4.69, 9.17) is 4.74 Å². The average molecular weight is 292 g/mol. The van der Waals surface area contributed by atoms with E-state index >= 15 is 0 Å². The molecule has 0 aliphatic carbocycles. The molecule has 21 heavy (non-hydrogen) atoms. The maximum absolute atomic E-state index is 12.5. The second-order valence-corrected chi connectivity index (χ2v) is 5.39. The molecule has 0 bridgehead atoms. The molecule has 1 aromatic carbocycles. The number of aromatic carboxylic acids is 1. The van der Waals surface area contributed by atoms with Crippen LogP contribution in [-0.4, -0.2) is 36.2 Å². The Bertz CT molecular complexity index is 551. The van der Waals surface area contributed by atoms with E-state index in [0.717, 1.165) is 25.8 Å². The predicted molar refractivity (Wildman–Crippen MR) is 78.8 cm³/mol. The first-order valence-electron chi connectivity index (χ1n) is 6.94. The van der Waals surface area contributed by atoms with Crippen LogP contribution in [0.5, 0.6) is 5.75 Å². The topological polar surface area (TPSA) is 87.7 Å². The van der Waals surface area contributed by atoms with E-state index in [0.29, 0.717) is 5.75 Å². The number of hydrogen-bond donors (Lipinski definition) is 3. The predicted octanol–water partition coefficient (Wildman–Crippen LogP) is 1.86. The summed E-state index contributed by atoms with van der Waals surface area (Å²) in [6, 6.07) is 4.50. The Hall–Kier alpha value is -2.08. The van der Waals surface area contributed by atoms with Gasteiger partial charge in [0.15, 0.2) is 0 Å². The monoisotopic (exact) mass is 292 g/mol. The van der Waals surface area contributed by atoms with Crippen LogP contribution < -0.4 is 15.4 Å². The third-order valence-electron chi connectivity index (χ3n) is 3.83. The first-order valence-corrected chi connectivity index (χ1v) is 6.94. The Balaban J connectivity index is 2.25. The molecule has 1 aromatic rings. The quantitative estimate of drug-likeness (QED) is 0.788. The number of ether oxygens (including phenoxy) is 1. The summed E-state index contributed by atoms with van der Waals surface area (Å²) in [5, 5.41) is 15.1. The molecule has 0 spiro atoms. The highest BCUT2D eigenvalue weighted by atomic mass is 16.5. The summed E-state index contributed by atoms with van der Waals surface area (Å²) in [6.07, 6.45) is 2.74. The Labute approximate surface area is 123 Å². The Morgan fingerprint density at radius 2 is 2.14 bits per heavy atom. The second-order valence-electron chi connectivity index (χ2n) is 5.39. The summed E-state index contributed by atoms with van der Waals surface area (Å²) in [6.45, 7) is 2.62. The van der Waals surface area contributed by atoms with Gasteiger partial charge in [0.1, 0.15) is 5.75 Å². The zero-order valence-electron chi connectivity index (χ0n) is 12.2. The molecule has 1 heterocycles. The zero-order valence-corrected chi connectivity index (χ0v) is 12.2. The van der Waals surface area contributed by atoms with E-state index in [9.17, 15) is 14.7 Å². The molecule has 0 aromatic heterocycles. The van der Waals surface area contributed by atoms with Crippen molar-refractivity contribution in [1.82, 2.24) is 5.32 Å². The van der Waals surface area contributed by atoms with Gasteiger partial charge in [0.05, 0.1) is 23.9 Å². The molecule has 3 N–H and O–H groups in total. The summed E-state index contributed by atoms with van der Waals surface area (Å²) >= 11 is 0. The maximum Gasteiger partial charge on any atom is 0.337 e. The molecule has 1 amide bonds. The van der Waals surface area contributed by atoms with Crippen molar-refractivity contribution >= 4 is 17.6 Å². The van der Waals surface area contributed by atoms with Crippen LogP contribution in [0.15, 0.2) is 18.2 Å². The highest BCUT2D eigenvalue weighted by Crippen LogP contribution is 2.26. The van der Waals surface area contributed by atoms with Gasteiger partial charge in [-0.3, -0.25) is 4.79 Å². The number of benzene rings is 1. The van der Waals surface area contributed by atoms with Gasteiger partial charge in [0.25, 0.3) is 0 Å². The Morgan fingerprint density at radius 3 is 2.71 bits per heavy atom. The number of methoxy groups -OCH3 is 1. The highest BCUT2D eigenvalue weighted by molar-refractivity contribution is 6.03. The lowest BCUT2D eigenvalue weighted by Gasteiger charge is -2.33. The van der Waals surface area contributed by atoms with Gasteiger partial charge in [-0.15, -0.1) is 0 Å². The third kappa shape index (κ3) is 3.33. The fraction of sp³-hybridized carbons (Fsp3) is 0.467. The van der Waals surface area contributed by atoms with Crippen molar-refractivity contribution in [2.24, 2.45) is 0 Å². The number of hydrogen-bond acceptors (Lipinski definition) is 4. The lowest BCUT2D eigenvalue weighted by molar-refractivity contribution is -0.122. The summed E-state index contributed by atoms with van der Waals surface area (Å²) < 4.78 is 5.08. The van der Waals surface area contributed by atoms with E-state index in [2.05, 4.69) is 10.6 Å². The first kappa shape index (κ1) is 15.3. The van der Waals surface area contributed by atoms with Crippen molar-refractivity contribution < 1.29 is 19.4 Å². The molecule has 1 aliphatic rings. The maximum atomic E-state index is 12.5. The molecule has 1 unspecified atom stereocenters. The van der Waals surface area contributed by atoms with Crippen LogP contribution in [0.4, 0.5) is 5.69 Å². The molecule has 6 nitrogen and oxygen atoms in total. The van der Waals surface area contributed by atoms with Crippen LogP contribution in [0, 0.1) is 0 Å². The molecule has 2 rings (SSSR count). The highest BCUT2D eigenvalue weighted by Gasteiger charge is 2.34. The number of carboxylic acid groups (broad SMARTS) is 1. The first-order chi connectivity index (χ1) is 9.96. The number of carboxylic acids is 1. The van der Waals surface area contributed by atoms with Gasteiger partial charge >= 0.3 is 5.97 Å². The minimum Gasteiger partial charge on any atom is -0.497 e. The third-order valence-corrected chi connectivity index (χ3v) is 3.83. The van der Waals surface area contributed by atoms with Crippen LogP contribution in [0.2, 0.25) is 0 Å². The number of amides is 1. The van der Waals surface area contributed by atoms with Crippen molar-refractivity contribution in [3.8, 4) is 5.75 Å². The minimum atomic E-state index is -1.09. The van der Waals surface area contributed by atoms with Gasteiger partial charge in [-0.1, -0.05) is 0 Å². The zero-order chi connectivity index (χ0) is 15.5. The molecule has 1 fully saturated rings. The van der Waals surface area contributed by atoms with Gasteiger partial charge in [-0.05, 0) is 44.9 Å². The lowest BCUT2D eigenvalue weighted by Crippen LogP contribution is -2.54. The van der Waals surface area contributed by atoms with Crippen LogP contribution >= 0.6 is 0 Å². The normalized spacial score (nSPS) is 21.6. The van der Waals surface area contributed by atoms with Crippen molar-refractivity contribution in [1.29, 1.82) is 0 Å². The summed E-state index contributed by atoms with van der Waals surface area (Å²) in [4.78, 5) is 23.7. The fourth-order valence-electron chi connectivity index (χ4n) is 2.45. The van der Waals surface area contributed by atoms with Gasteiger partial charge in [-0.25, -0.2) is 4.79 Å². The van der Waals surface area contributed by atoms with Gasteiger partial charge in [-0.2, -0.15) is 0 Å². The van der Waals surface area contributed by atoms with Gasteiger partial charge in [0, 0.05) is 6.07 Å². The van der Waals surface area contributed by atoms with E-state index in [-0.39, 0.29) is 17.2 Å². The fourth-order valence-corrected chi connectivity index (χ4v) is 2.45. The smallest absolute Gasteiger partial charge is 0.337 e. The van der Waals surface area contributed by atoms with E-state index in [1.165, 1.54) is 19.2 Å². The number of carbonyl (C=O) groups excluding carboxylic acids is 1. The van der Waals surface area contributed by atoms with Crippen molar-refractivity contribution in [2.75, 3.05) is 19.0 Å². The molecular formula is C15H20N2O4. The largest absolute Gasteiger partial charge is 0.497 e. The van der Waals surface area contributed by atoms with Crippen molar-refractivity contribution in [3.63, 3.8) is 0 Å². The van der Waals surface area contributed by atoms with Crippen LogP contribution in [0.3, 0.4) is 0 Å². The SMILES string of the molecule is COc1ccc(C(=O)O)c(NC(=O)C2(C)CCCCN2)c1. The molecule has 0 saturated carbocycles.